The van der Waals surface area contributed by atoms with Gasteiger partial charge in [0.05, 0.1) is 12.2 Å². The third-order valence-corrected chi connectivity index (χ3v) is 2.80. The zero-order valence-electron chi connectivity index (χ0n) is 13.8. The van der Waals surface area contributed by atoms with Crippen molar-refractivity contribution in [1.82, 2.24) is 20.9 Å². The number of nitrogens with one attached hydrogen (secondary N) is 3. The molecular weight excluding hydrogens is 397 g/mol. The summed E-state index contributed by atoms with van der Waals surface area (Å²) in [6.45, 7) is 8.63. The van der Waals surface area contributed by atoms with Crippen LogP contribution in [-0.2, 0) is 11.3 Å². The fraction of sp³-hybridized carbons (Fsp3) is 0.643. The van der Waals surface area contributed by atoms with Crippen molar-refractivity contribution in [1.29, 1.82) is 0 Å². The molecule has 126 valence electrons. The molecule has 0 radical (unpaired) electrons. The molecule has 1 rings (SSSR count). The summed E-state index contributed by atoms with van der Waals surface area (Å²) < 4.78 is 5.48. The Balaban J connectivity index is 0.00000441. The first kappa shape index (κ1) is 20.7. The van der Waals surface area contributed by atoms with E-state index in [0.29, 0.717) is 31.4 Å². The molecule has 0 bridgehead atoms. The van der Waals surface area contributed by atoms with Crippen LogP contribution in [0, 0.1) is 13.8 Å². The molecule has 0 unspecified atom stereocenters. The lowest BCUT2D eigenvalue weighted by Crippen LogP contribution is -2.39. The van der Waals surface area contributed by atoms with E-state index in [2.05, 4.69) is 25.9 Å². The lowest BCUT2D eigenvalue weighted by Gasteiger charge is -2.11. The van der Waals surface area contributed by atoms with Crippen molar-refractivity contribution in [2.75, 3.05) is 13.6 Å². The van der Waals surface area contributed by atoms with Crippen LogP contribution in [0.2, 0.25) is 0 Å². The Morgan fingerprint density at radius 1 is 1.32 bits per heavy atom. The van der Waals surface area contributed by atoms with Crippen molar-refractivity contribution >= 4 is 35.8 Å². The van der Waals surface area contributed by atoms with Crippen molar-refractivity contribution < 1.29 is 9.21 Å². The van der Waals surface area contributed by atoms with Gasteiger partial charge in [-0.3, -0.25) is 9.79 Å². The van der Waals surface area contributed by atoms with Crippen LogP contribution in [0.1, 0.15) is 37.6 Å². The number of hydrogen-bond donors (Lipinski definition) is 3. The Hall–Kier alpha value is -1.32. The van der Waals surface area contributed by atoms with Crippen LogP contribution in [0.4, 0.5) is 0 Å². The van der Waals surface area contributed by atoms with E-state index in [0.717, 1.165) is 11.5 Å². The van der Waals surface area contributed by atoms with Crippen LogP contribution in [-0.4, -0.2) is 36.5 Å². The number of aliphatic imine (C=N–C) groups is 1. The summed E-state index contributed by atoms with van der Waals surface area (Å²) in [5.74, 6) is 2.07. The number of carbonyl (C=O) groups excluding carboxylic acids is 1. The summed E-state index contributed by atoms with van der Waals surface area (Å²) in [5.41, 5.74) is 0.889. The molecule has 0 atom stereocenters. The van der Waals surface area contributed by atoms with Gasteiger partial charge in [0.25, 0.3) is 0 Å². The monoisotopic (exact) mass is 423 g/mol. The average Bonchev–Trinajstić information content (AvgIpc) is 2.72. The Labute approximate surface area is 148 Å². The molecule has 8 heteroatoms. The minimum Gasteiger partial charge on any atom is -0.444 e. The smallest absolute Gasteiger partial charge is 0.221 e. The van der Waals surface area contributed by atoms with Gasteiger partial charge in [0, 0.05) is 26.1 Å². The molecule has 0 aromatic carbocycles. The predicted molar refractivity (Wildman–Crippen MR) is 97.5 cm³/mol. The largest absolute Gasteiger partial charge is 0.444 e. The summed E-state index contributed by atoms with van der Waals surface area (Å²) in [4.78, 5) is 19.9. The number of oxazole rings is 1. The number of aryl methyl sites for hydroxylation is 2. The van der Waals surface area contributed by atoms with Gasteiger partial charge in [-0.05, 0) is 27.7 Å². The van der Waals surface area contributed by atoms with E-state index < -0.39 is 0 Å². The first-order valence-electron chi connectivity index (χ1n) is 7.09. The minimum atomic E-state index is 0. The molecule has 0 fully saturated rings. The number of nitrogens with zero attached hydrogens (tertiary/aromatic N) is 2. The third-order valence-electron chi connectivity index (χ3n) is 2.80. The highest BCUT2D eigenvalue weighted by Gasteiger charge is 2.07. The highest BCUT2D eigenvalue weighted by atomic mass is 127. The topological polar surface area (TPSA) is 91.5 Å². The van der Waals surface area contributed by atoms with E-state index in [4.69, 9.17) is 4.42 Å². The lowest BCUT2D eigenvalue weighted by atomic mass is 10.3. The van der Waals surface area contributed by atoms with Crippen LogP contribution in [0.5, 0.6) is 0 Å². The standard InChI is InChI=1S/C14H25N5O2.HI/c1-9(2)18-12(20)6-7-16-14(15-5)17-8-13-19-10(3)11(4)21-13;/h9H,6-8H2,1-5H3,(H,18,20)(H2,15,16,17);1H. The van der Waals surface area contributed by atoms with Crippen LogP contribution in [0.3, 0.4) is 0 Å². The highest BCUT2D eigenvalue weighted by molar-refractivity contribution is 14.0. The van der Waals surface area contributed by atoms with Crippen LogP contribution in [0.15, 0.2) is 9.41 Å². The third kappa shape index (κ3) is 7.62. The van der Waals surface area contributed by atoms with Crippen molar-refractivity contribution in [3.63, 3.8) is 0 Å². The maximum atomic E-state index is 11.5. The van der Waals surface area contributed by atoms with Gasteiger partial charge in [0.2, 0.25) is 11.8 Å². The highest BCUT2D eigenvalue weighted by Crippen LogP contribution is 2.07. The Kier molecular flexibility index (Phi) is 9.79. The molecule has 1 aromatic heterocycles. The Bertz CT molecular complexity index is 480. The first-order valence-corrected chi connectivity index (χ1v) is 7.09. The molecule has 0 aliphatic rings. The molecule has 1 aromatic rings. The van der Waals surface area contributed by atoms with E-state index in [1.807, 2.05) is 27.7 Å². The second-order valence-electron chi connectivity index (χ2n) is 5.07. The molecule has 7 nitrogen and oxygen atoms in total. The summed E-state index contributed by atoms with van der Waals surface area (Å²) in [7, 11) is 1.68. The second-order valence-corrected chi connectivity index (χ2v) is 5.07. The maximum absolute atomic E-state index is 11.5. The summed E-state index contributed by atoms with van der Waals surface area (Å²) in [5, 5.41) is 9.00. The second kappa shape index (κ2) is 10.4. The van der Waals surface area contributed by atoms with Gasteiger partial charge in [-0.15, -0.1) is 24.0 Å². The number of amides is 1. The normalized spacial score (nSPS) is 11.1. The maximum Gasteiger partial charge on any atom is 0.221 e. The first-order chi connectivity index (χ1) is 9.92. The fourth-order valence-corrected chi connectivity index (χ4v) is 1.68. The number of carbonyl (C=O) groups is 1. The number of rotatable bonds is 6. The van der Waals surface area contributed by atoms with E-state index in [9.17, 15) is 4.79 Å². The average molecular weight is 423 g/mol. The fourth-order valence-electron chi connectivity index (χ4n) is 1.68. The van der Waals surface area contributed by atoms with Crippen LogP contribution >= 0.6 is 24.0 Å². The Morgan fingerprint density at radius 2 is 2.00 bits per heavy atom. The molecule has 0 spiro atoms. The number of aromatic nitrogens is 1. The van der Waals surface area contributed by atoms with Gasteiger partial charge in [-0.2, -0.15) is 0 Å². The van der Waals surface area contributed by atoms with Gasteiger partial charge in [-0.25, -0.2) is 4.98 Å². The van der Waals surface area contributed by atoms with Gasteiger partial charge in [-0.1, -0.05) is 0 Å². The zero-order chi connectivity index (χ0) is 15.8. The minimum absolute atomic E-state index is 0. The van der Waals surface area contributed by atoms with E-state index in [1.54, 1.807) is 7.05 Å². The molecule has 1 heterocycles. The zero-order valence-corrected chi connectivity index (χ0v) is 16.1. The molecule has 0 saturated carbocycles. The summed E-state index contributed by atoms with van der Waals surface area (Å²) in [6.07, 6.45) is 0.399. The van der Waals surface area contributed by atoms with Gasteiger partial charge >= 0.3 is 0 Å². The molecular formula is C14H26IN5O2. The molecule has 22 heavy (non-hydrogen) atoms. The van der Waals surface area contributed by atoms with Crippen LogP contribution in [0.25, 0.3) is 0 Å². The number of halogens is 1. The van der Waals surface area contributed by atoms with E-state index in [-0.39, 0.29) is 35.9 Å². The van der Waals surface area contributed by atoms with Crippen LogP contribution < -0.4 is 16.0 Å². The molecule has 3 N–H and O–H groups in total. The number of guanidine groups is 1. The predicted octanol–water partition coefficient (Wildman–Crippen LogP) is 1.49. The molecule has 0 aliphatic carbocycles. The van der Waals surface area contributed by atoms with Crippen molar-refractivity contribution in [3.05, 3.63) is 17.3 Å². The number of hydrogen-bond acceptors (Lipinski definition) is 4. The summed E-state index contributed by atoms with van der Waals surface area (Å²) >= 11 is 0. The van der Waals surface area contributed by atoms with Gasteiger partial charge < -0.3 is 20.4 Å². The molecule has 0 saturated heterocycles. The van der Waals surface area contributed by atoms with Gasteiger partial charge in [0.1, 0.15) is 5.76 Å². The van der Waals surface area contributed by atoms with Crippen molar-refractivity contribution in [2.24, 2.45) is 4.99 Å². The van der Waals surface area contributed by atoms with E-state index in [1.165, 1.54) is 0 Å². The van der Waals surface area contributed by atoms with Crippen molar-refractivity contribution in [3.8, 4) is 0 Å². The summed E-state index contributed by atoms with van der Waals surface area (Å²) in [6, 6.07) is 0.159. The quantitative estimate of drug-likeness (QED) is 0.367. The van der Waals surface area contributed by atoms with Crippen molar-refractivity contribution in [2.45, 2.75) is 46.7 Å². The molecule has 1 amide bonds. The van der Waals surface area contributed by atoms with Gasteiger partial charge in [0.15, 0.2) is 5.96 Å². The lowest BCUT2D eigenvalue weighted by molar-refractivity contribution is -0.121. The van der Waals surface area contributed by atoms with E-state index >= 15 is 0 Å². The Morgan fingerprint density at radius 3 is 2.50 bits per heavy atom. The molecule has 0 aliphatic heterocycles. The SMILES string of the molecule is CN=C(NCCC(=O)NC(C)C)NCc1nc(C)c(C)o1.I.